The second-order valence-corrected chi connectivity index (χ2v) is 7.28. The van der Waals surface area contributed by atoms with Crippen LogP contribution in [0.25, 0.3) is 0 Å². The van der Waals surface area contributed by atoms with Crippen molar-refractivity contribution in [1.82, 2.24) is 5.32 Å². The molecule has 0 aromatic carbocycles. The van der Waals surface area contributed by atoms with Crippen molar-refractivity contribution in [2.75, 3.05) is 12.3 Å². The molecule has 1 aliphatic rings. The highest BCUT2D eigenvalue weighted by molar-refractivity contribution is 8.77. The molecule has 1 amide bonds. The third kappa shape index (κ3) is 13.8. The summed E-state index contributed by atoms with van der Waals surface area (Å²) in [7, 11) is 3.88. The van der Waals surface area contributed by atoms with Gasteiger partial charge in [-0.3, -0.25) is 14.4 Å². The van der Waals surface area contributed by atoms with Crippen LogP contribution in [0.5, 0.6) is 0 Å². The summed E-state index contributed by atoms with van der Waals surface area (Å²) in [4.78, 5) is 30.7. The average Bonchev–Trinajstić information content (AvgIpc) is 2.95. The lowest BCUT2D eigenvalue weighted by Crippen LogP contribution is -2.28. The molecule has 21 heavy (non-hydrogen) atoms. The van der Waals surface area contributed by atoms with Crippen molar-refractivity contribution in [3.8, 4) is 0 Å². The normalized spacial score (nSPS) is 16.7. The van der Waals surface area contributed by atoms with E-state index < -0.39 is 11.9 Å². The molecular weight excluding hydrogens is 314 g/mol. The number of amides is 1. The van der Waals surface area contributed by atoms with Crippen molar-refractivity contribution >= 4 is 39.4 Å². The Kier molecular flexibility index (Phi) is 12.3. The molecule has 1 atom stereocenters. The van der Waals surface area contributed by atoms with E-state index in [2.05, 4.69) is 5.32 Å². The van der Waals surface area contributed by atoms with Crippen molar-refractivity contribution in [1.29, 1.82) is 0 Å². The minimum absolute atomic E-state index is 0.157. The zero-order chi connectivity index (χ0) is 16.1. The van der Waals surface area contributed by atoms with Gasteiger partial charge in [-0.1, -0.05) is 34.9 Å². The summed E-state index contributed by atoms with van der Waals surface area (Å²) in [6, 6.07) is 0. The Bertz CT molecular complexity index is 333. The fourth-order valence-electron chi connectivity index (χ4n) is 1.48. The van der Waals surface area contributed by atoms with Crippen molar-refractivity contribution in [2.24, 2.45) is 0 Å². The Morgan fingerprint density at radius 3 is 2.33 bits per heavy atom. The standard InChI is InChI=1S/C10H17NO3S2.C3H6O2/c12-9(11-7-10(13)14)4-2-1-3-8-5-6-15-16-8;1-2-3(4)5/h8H,1-7H2,(H,11,12)(H,13,14);2H2,1H3,(H,4,5). The van der Waals surface area contributed by atoms with Crippen molar-refractivity contribution in [3.05, 3.63) is 0 Å². The van der Waals surface area contributed by atoms with Crippen LogP contribution in [-0.4, -0.2) is 45.6 Å². The second-order valence-electron chi connectivity index (χ2n) is 4.49. The van der Waals surface area contributed by atoms with Crippen LogP contribution in [-0.2, 0) is 14.4 Å². The second kappa shape index (κ2) is 12.8. The van der Waals surface area contributed by atoms with Crippen LogP contribution in [0, 0.1) is 0 Å². The van der Waals surface area contributed by atoms with E-state index in [1.165, 1.54) is 18.6 Å². The van der Waals surface area contributed by atoms with E-state index in [-0.39, 0.29) is 18.9 Å². The first-order valence-corrected chi connectivity index (χ1v) is 9.32. The summed E-state index contributed by atoms with van der Waals surface area (Å²) in [5.41, 5.74) is 0. The summed E-state index contributed by atoms with van der Waals surface area (Å²) >= 11 is 0. The van der Waals surface area contributed by atoms with Crippen LogP contribution in [0.3, 0.4) is 0 Å². The van der Waals surface area contributed by atoms with E-state index in [0.29, 0.717) is 6.42 Å². The van der Waals surface area contributed by atoms with Gasteiger partial charge >= 0.3 is 11.9 Å². The van der Waals surface area contributed by atoms with Gasteiger partial charge in [-0.15, -0.1) is 0 Å². The van der Waals surface area contributed by atoms with Crippen LogP contribution in [0.1, 0.15) is 45.4 Å². The molecule has 0 aromatic rings. The lowest BCUT2D eigenvalue weighted by atomic mass is 10.1. The quantitative estimate of drug-likeness (QED) is 0.461. The summed E-state index contributed by atoms with van der Waals surface area (Å²) in [5.74, 6) is -0.650. The van der Waals surface area contributed by atoms with Gasteiger partial charge in [-0.2, -0.15) is 0 Å². The van der Waals surface area contributed by atoms with Crippen LogP contribution in [0.4, 0.5) is 0 Å². The SMILES string of the molecule is CCC(=O)O.O=C(O)CNC(=O)CCCCC1CCSS1. The molecule has 0 spiro atoms. The highest BCUT2D eigenvalue weighted by Gasteiger charge is 2.15. The van der Waals surface area contributed by atoms with Gasteiger partial charge in [0.15, 0.2) is 0 Å². The fraction of sp³-hybridized carbons (Fsp3) is 0.769. The van der Waals surface area contributed by atoms with E-state index in [0.717, 1.165) is 18.1 Å². The summed E-state index contributed by atoms with van der Waals surface area (Å²) in [6.07, 6.45) is 5.02. The molecule has 1 aliphatic heterocycles. The predicted octanol–water partition coefficient (Wildman–Crippen LogP) is 2.38. The van der Waals surface area contributed by atoms with E-state index in [1.807, 2.05) is 21.6 Å². The molecule has 0 saturated carbocycles. The highest BCUT2D eigenvalue weighted by atomic mass is 33.1. The van der Waals surface area contributed by atoms with E-state index in [9.17, 15) is 14.4 Å². The van der Waals surface area contributed by atoms with Crippen molar-refractivity contribution in [2.45, 2.75) is 50.7 Å². The minimum Gasteiger partial charge on any atom is -0.481 e. The first kappa shape index (κ1) is 20.1. The van der Waals surface area contributed by atoms with Crippen molar-refractivity contribution in [3.63, 3.8) is 0 Å². The molecule has 0 aliphatic carbocycles. The van der Waals surface area contributed by atoms with Gasteiger partial charge in [0.25, 0.3) is 0 Å². The molecule has 1 saturated heterocycles. The molecular formula is C13H23NO5S2. The predicted molar refractivity (Wildman–Crippen MR) is 85.5 cm³/mol. The molecule has 3 N–H and O–H groups in total. The smallest absolute Gasteiger partial charge is 0.322 e. The van der Waals surface area contributed by atoms with Gasteiger partial charge in [-0.25, -0.2) is 0 Å². The Morgan fingerprint density at radius 1 is 1.19 bits per heavy atom. The molecule has 8 heteroatoms. The molecule has 1 heterocycles. The zero-order valence-electron chi connectivity index (χ0n) is 12.2. The maximum Gasteiger partial charge on any atom is 0.322 e. The highest BCUT2D eigenvalue weighted by Crippen LogP contribution is 2.39. The Hall–Kier alpha value is -0.890. The maximum atomic E-state index is 11.2. The molecule has 1 rings (SSSR count). The van der Waals surface area contributed by atoms with Gasteiger partial charge in [0.05, 0.1) is 0 Å². The molecule has 122 valence electrons. The number of unbranched alkanes of at least 4 members (excludes halogenated alkanes) is 1. The maximum absolute atomic E-state index is 11.2. The summed E-state index contributed by atoms with van der Waals surface area (Å²) in [6.45, 7) is 1.33. The lowest BCUT2D eigenvalue weighted by Gasteiger charge is -2.06. The molecule has 0 bridgehead atoms. The van der Waals surface area contributed by atoms with Gasteiger partial charge in [0, 0.05) is 23.8 Å². The third-order valence-corrected chi connectivity index (χ3v) is 5.65. The summed E-state index contributed by atoms with van der Waals surface area (Å²) in [5, 5.41) is 19.2. The fourth-order valence-corrected chi connectivity index (χ4v) is 4.51. The van der Waals surface area contributed by atoms with Gasteiger partial charge < -0.3 is 15.5 Å². The Balaban J connectivity index is 0.000000690. The number of carboxylic acid groups (broad SMARTS) is 2. The Morgan fingerprint density at radius 2 is 1.86 bits per heavy atom. The van der Waals surface area contributed by atoms with E-state index in [4.69, 9.17) is 10.2 Å². The topological polar surface area (TPSA) is 104 Å². The number of rotatable bonds is 8. The van der Waals surface area contributed by atoms with E-state index in [1.54, 1.807) is 6.92 Å². The van der Waals surface area contributed by atoms with Gasteiger partial charge in [0.2, 0.25) is 5.91 Å². The van der Waals surface area contributed by atoms with Crippen LogP contribution in [0.2, 0.25) is 0 Å². The molecule has 0 aromatic heterocycles. The molecule has 1 fully saturated rings. The first-order valence-electron chi connectivity index (χ1n) is 6.94. The number of carboxylic acids is 2. The number of hydrogen-bond donors (Lipinski definition) is 3. The number of carbonyl (C=O) groups excluding carboxylic acids is 1. The number of hydrogen-bond acceptors (Lipinski definition) is 5. The first-order chi connectivity index (χ1) is 9.95. The number of nitrogens with one attached hydrogen (secondary N) is 1. The van der Waals surface area contributed by atoms with Crippen molar-refractivity contribution < 1.29 is 24.6 Å². The zero-order valence-corrected chi connectivity index (χ0v) is 13.8. The molecule has 1 unspecified atom stereocenters. The lowest BCUT2D eigenvalue weighted by molar-refractivity contribution is -0.138. The van der Waals surface area contributed by atoms with E-state index >= 15 is 0 Å². The number of aliphatic carboxylic acids is 2. The largest absolute Gasteiger partial charge is 0.481 e. The molecule has 0 radical (unpaired) electrons. The van der Waals surface area contributed by atoms with Crippen LogP contribution >= 0.6 is 21.6 Å². The summed E-state index contributed by atoms with van der Waals surface area (Å²) < 4.78 is 0. The molecule has 6 nitrogen and oxygen atoms in total. The van der Waals surface area contributed by atoms with Crippen LogP contribution in [0.15, 0.2) is 0 Å². The minimum atomic E-state index is -0.993. The van der Waals surface area contributed by atoms with Gasteiger partial charge in [0.1, 0.15) is 6.54 Å². The Labute approximate surface area is 132 Å². The average molecular weight is 337 g/mol. The van der Waals surface area contributed by atoms with Crippen LogP contribution < -0.4 is 5.32 Å². The number of carbonyl (C=O) groups is 3. The monoisotopic (exact) mass is 337 g/mol. The third-order valence-electron chi connectivity index (χ3n) is 2.65. The van der Waals surface area contributed by atoms with Gasteiger partial charge in [-0.05, 0) is 19.3 Å².